The number of nitrogen functional groups attached to an aromatic ring is 1. The van der Waals surface area contributed by atoms with Crippen molar-refractivity contribution < 1.29 is 9.53 Å². The summed E-state index contributed by atoms with van der Waals surface area (Å²) < 4.78 is 5.60. The molecule has 5 heteroatoms. The molecule has 2 rings (SSSR count). The molecule has 0 heterocycles. The SMILES string of the molecule is COC(=O)c1ccc(CSc2ccc(C)cc2N)c(Br)c1. The van der Waals surface area contributed by atoms with Crippen molar-refractivity contribution in [1.82, 2.24) is 0 Å². The lowest BCUT2D eigenvalue weighted by Gasteiger charge is -2.09. The Bertz CT molecular complexity index is 673. The lowest BCUT2D eigenvalue weighted by molar-refractivity contribution is 0.0600. The first kappa shape index (κ1) is 15.9. The van der Waals surface area contributed by atoms with Crippen LogP contribution in [0.3, 0.4) is 0 Å². The summed E-state index contributed by atoms with van der Waals surface area (Å²) in [6.45, 7) is 2.02. The lowest BCUT2D eigenvalue weighted by atomic mass is 10.1. The maximum absolute atomic E-state index is 11.5. The van der Waals surface area contributed by atoms with Gasteiger partial charge in [-0.25, -0.2) is 4.79 Å². The van der Waals surface area contributed by atoms with Crippen LogP contribution in [0.15, 0.2) is 45.8 Å². The molecule has 0 aliphatic carbocycles. The van der Waals surface area contributed by atoms with Crippen molar-refractivity contribution in [2.75, 3.05) is 12.8 Å². The molecule has 2 N–H and O–H groups in total. The molecule has 0 saturated heterocycles. The normalized spacial score (nSPS) is 10.4. The minimum Gasteiger partial charge on any atom is -0.465 e. The van der Waals surface area contributed by atoms with Gasteiger partial charge in [0.1, 0.15) is 0 Å². The molecule has 2 aromatic carbocycles. The Morgan fingerprint density at radius 2 is 2.05 bits per heavy atom. The Morgan fingerprint density at radius 1 is 1.29 bits per heavy atom. The summed E-state index contributed by atoms with van der Waals surface area (Å²) in [5.41, 5.74) is 9.60. The molecule has 0 radical (unpaired) electrons. The molecular formula is C16H16BrNO2S. The van der Waals surface area contributed by atoms with E-state index in [1.54, 1.807) is 23.9 Å². The van der Waals surface area contributed by atoms with Crippen molar-refractivity contribution in [2.45, 2.75) is 17.6 Å². The zero-order chi connectivity index (χ0) is 15.4. The number of carbonyl (C=O) groups excluding carboxylic acids is 1. The number of methoxy groups -OCH3 is 1. The van der Waals surface area contributed by atoms with Crippen molar-refractivity contribution in [1.29, 1.82) is 0 Å². The Hall–Kier alpha value is -1.46. The van der Waals surface area contributed by atoms with E-state index in [2.05, 4.69) is 15.9 Å². The number of thioether (sulfide) groups is 1. The summed E-state index contributed by atoms with van der Waals surface area (Å²) >= 11 is 5.17. The number of rotatable bonds is 4. The van der Waals surface area contributed by atoms with Gasteiger partial charge in [0.05, 0.1) is 12.7 Å². The zero-order valence-electron chi connectivity index (χ0n) is 11.9. The average molecular weight is 366 g/mol. The minimum atomic E-state index is -0.335. The molecule has 21 heavy (non-hydrogen) atoms. The summed E-state index contributed by atoms with van der Waals surface area (Å²) in [7, 11) is 1.38. The van der Waals surface area contributed by atoms with E-state index < -0.39 is 0 Å². The Morgan fingerprint density at radius 3 is 2.67 bits per heavy atom. The second-order valence-corrected chi connectivity index (χ2v) is 6.50. The molecule has 0 unspecified atom stereocenters. The topological polar surface area (TPSA) is 52.3 Å². The average Bonchev–Trinajstić information content (AvgIpc) is 2.46. The summed E-state index contributed by atoms with van der Waals surface area (Å²) in [5.74, 6) is 0.438. The molecule has 2 aromatic rings. The first-order valence-corrected chi connectivity index (χ1v) is 8.15. The number of halogens is 1. The predicted octanol–water partition coefficient (Wildman–Crippen LogP) is 4.42. The first-order valence-electron chi connectivity index (χ1n) is 6.37. The molecule has 0 aliphatic heterocycles. The Balaban J connectivity index is 2.11. The molecule has 3 nitrogen and oxygen atoms in total. The number of hydrogen-bond donors (Lipinski definition) is 1. The molecule has 0 spiro atoms. The molecular weight excluding hydrogens is 350 g/mol. The van der Waals surface area contributed by atoms with Crippen molar-refractivity contribution in [3.63, 3.8) is 0 Å². The second kappa shape index (κ2) is 7.00. The van der Waals surface area contributed by atoms with Crippen molar-refractivity contribution >= 4 is 39.3 Å². The van der Waals surface area contributed by atoms with Crippen LogP contribution in [0.4, 0.5) is 5.69 Å². The second-order valence-electron chi connectivity index (χ2n) is 4.63. The van der Waals surface area contributed by atoms with Gasteiger partial charge in [0.15, 0.2) is 0 Å². The highest BCUT2D eigenvalue weighted by atomic mass is 79.9. The van der Waals surface area contributed by atoms with E-state index in [-0.39, 0.29) is 5.97 Å². The van der Waals surface area contributed by atoms with Crippen LogP contribution < -0.4 is 5.73 Å². The van der Waals surface area contributed by atoms with Crippen LogP contribution in [0.2, 0.25) is 0 Å². The number of nitrogens with two attached hydrogens (primary N) is 1. The van der Waals surface area contributed by atoms with Crippen LogP contribution in [-0.4, -0.2) is 13.1 Å². The molecule has 0 bridgehead atoms. The Labute approximate surface area is 137 Å². The number of hydrogen-bond acceptors (Lipinski definition) is 4. The van der Waals surface area contributed by atoms with E-state index in [4.69, 9.17) is 10.5 Å². The van der Waals surface area contributed by atoms with E-state index >= 15 is 0 Å². The lowest BCUT2D eigenvalue weighted by Crippen LogP contribution is -2.01. The maximum Gasteiger partial charge on any atom is 0.337 e. The van der Waals surface area contributed by atoms with Gasteiger partial charge < -0.3 is 10.5 Å². The number of esters is 1. The molecule has 110 valence electrons. The number of ether oxygens (including phenoxy) is 1. The third kappa shape index (κ3) is 4.02. The summed E-state index contributed by atoms with van der Waals surface area (Å²) in [5, 5.41) is 0. The van der Waals surface area contributed by atoms with Crippen LogP contribution >= 0.6 is 27.7 Å². The van der Waals surface area contributed by atoms with Gasteiger partial charge in [-0.15, -0.1) is 11.8 Å². The van der Waals surface area contributed by atoms with E-state index in [0.717, 1.165) is 31.9 Å². The smallest absolute Gasteiger partial charge is 0.337 e. The fourth-order valence-corrected chi connectivity index (χ4v) is 3.52. The van der Waals surface area contributed by atoms with Gasteiger partial charge in [0.25, 0.3) is 0 Å². The maximum atomic E-state index is 11.5. The van der Waals surface area contributed by atoms with Crippen molar-refractivity contribution in [3.8, 4) is 0 Å². The van der Waals surface area contributed by atoms with E-state index in [9.17, 15) is 4.79 Å². The van der Waals surface area contributed by atoms with Gasteiger partial charge in [0, 0.05) is 20.8 Å². The van der Waals surface area contributed by atoms with Gasteiger partial charge in [-0.1, -0.05) is 28.1 Å². The van der Waals surface area contributed by atoms with Gasteiger partial charge in [-0.05, 0) is 42.3 Å². The summed E-state index contributed by atoms with van der Waals surface area (Å²) in [6, 6.07) is 11.5. The highest BCUT2D eigenvalue weighted by Gasteiger charge is 2.09. The van der Waals surface area contributed by atoms with Crippen LogP contribution in [0.1, 0.15) is 21.5 Å². The van der Waals surface area contributed by atoms with Gasteiger partial charge in [0.2, 0.25) is 0 Å². The van der Waals surface area contributed by atoms with Crippen LogP contribution in [0.25, 0.3) is 0 Å². The van der Waals surface area contributed by atoms with Gasteiger partial charge in [-0.2, -0.15) is 0 Å². The zero-order valence-corrected chi connectivity index (χ0v) is 14.3. The van der Waals surface area contributed by atoms with E-state index in [1.165, 1.54) is 7.11 Å². The highest BCUT2D eigenvalue weighted by molar-refractivity contribution is 9.10. The third-order valence-corrected chi connectivity index (χ3v) is 4.90. The fraction of sp³-hybridized carbons (Fsp3) is 0.188. The number of benzene rings is 2. The Kier molecular flexibility index (Phi) is 5.31. The quantitative estimate of drug-likeness (QED) is 0.495. The molecule has 0 saturated carbocycles. The van der Waals surface area contributed by atoms with E-state index in [0.29, 0.717) is 5.56 Å². The van der Waals surface area contributed by atoms with Gasteiger partial charge >= 0.3 is 5.97 Å². The third-order valence-electron chi connectivity index (χ3n) is 3.02. The molecule has 0 amide bonds. The standard InChI is InChI=1S/C16H16BrNO2S/c1-10-3-6-15(14(18)7-10)21-9-12-5-4-11(8-13(12)17)16(19)20-2/h3-8H,9,18H2,1-2H3. The molecule has 0 aromatic heterocycles. The minimum absolute atomic E-state index is 0.335. The van der Waals surface area contributed by atoms with Gasteiger partial charge in [-0.3, -0.25) is 0 Å². The van der Waals surface area contributed by atoms with Crippen LogP contribution in [0.5, 0.6) is 0 Å². The predicted molar refractivity (Wildman–Crippen MR) is 90.6 cm³/mol. The molecule has 0 aliphatic rings. The number of anilines is 1. The van der Waals surface area contributed by atoms with Crippen LogP contribution in [-0.2, 0) is 10.5 Å². The van der Waals surface area contributed by atoms with E-state index in [1.807, 2.05) is 31.2 Å². The fourth-order valence-electron chi connectivity index (χ4n) is 1.86. The summed E-state index contributed by atoms with van der Waals surface area (Å²) in [6.07, 6.45) is 0. The number of aryl methyl sites for hydroxylation is 1. The highest BCUT2D eigenvalue weighted by Crippen LogP contribution is 2.31. The van der Waals surface area contributed by atoms with Crippen molar-refractivity contribution in [2.24, 2.45) is 0 Å². The monoisotopic (exact) mass is 365 g/mol. The number of carbonyl (C=O) groups is 1. The first-order chi connectivity index (χ1) is 10.0. The largest absolute Gasteiger partial charge is 0.465 e. The molecule has 0 atom stereocenters. The van der Waals surface area contributed by atoms with Crippen LogP contribution in [0, 0.1) is 6.92 Å². The summed E-state index contributed by atoms with van der Waals surface area (Å²) in [4.78, 5) is 12.5. The molecule has 0 fully saturated rings. The van der Waals surface area contributed by atoms with Crippen molar-refractivity contribution in [3.05, 3.63) is 57.6 Å².